The highest BCUT2D eigenvalue weighted by Gasteiger charge is 2.29. The van der Waals surface area contributed by atoms with Crippen LogP contribution in [0.25, 0.3) is 10.9 Å². The maximum atomic E-state index is 13.9. The zero-order chi connectivity index (χ0) is 32.4. The number of pyridine rings is 1. The highest BCUT2D eigenvalue weighted by Crippen LogP contribution is 2.38. The zero-order valence-electron chi connectivity index (χ0n) is 25.8. The molecule has 3 aromatic carbocycles. The normalized spacial score (nSPS) is 14.8. The molecule has 9 nitrogen and oxygen atoms in total. The van der Waals surface area contributed by atoms with Crippen LogP contribution in [0.4, 0.5) is 21.5 Å². The van der Waals surface area contributed by atoms with Crippen molar-refractivity contribution in [2.45, 2.75) is 51.2 Å². The minimum absolute atomic E-state index is 0.102. The van der Waals surface area contributed by atoms with Crippen molar-refractivity contribution in [2.24, 2.45) is 0 Å². The SMILES string of the molecule is CC(C)(C)N1CCC(n2cc([C@@H](Nc3cc(Cl)cc4c(Nc5ccc(F)cc5C#N)c(C#N)cnc34)c3ccccc3)nn2)CC1. The number of hydrogen-bond acceptors (Lipinski definition) is 8. The first-order valence-electron chi connectivity index (χ1n) is 15.1. The van der Waals surface area contributed by atoms with Crippen molar-refractivity contribution in [1.29, 1.82) is 10.5 Å². The Labute approximate surface area is 272 Å². The Kier molecular flexibility index (Phi) is 8.59. The predicted molar refractivity (Wildman–Crippen MR) is 177 cm³/mol. The summed E-state index contributed by atoms with van der Waals surface area (Å²) >= 11 is 6.68. The molecule has 232 valence electrons. The van der Waals surface area contributed by atoms with Gasteiger partial charge in [-0.1, -0.05) is 47.1 Å². The van der Waals surface area contributed by atoms with Crippen LogP contribution in [0.3, 0.4) is 0 Å². The van der Waals surface area contributed by atoms with Crippen molar-refractivity contribution in [2.75, 3.05) is 23.7 Å². The van der Waals surface area contributed by atoms with Crippen LogP contribution in [0.1, 0.15) is 68.1 Å². The van der Waals surface area contributed by atoms with Gasteiger partial charge in [0.25, 0.3) is 0 Å². The number of piperidine rings is 1. The monoisotopic (exact) mass is 633 g/mol. The van der Waals surface area contributed by atoms with Crippen LogP contribution in [0.5, 0.6) is 0 Å². The van der Waals surface area contributed by atoms with Gasteiger partial charge in [-0.3, -0.25) is 9.88 Å². The summed E-state index contributed by atoms with van der Waals surface area (Å²) in [5, 5.41) is 36.5. The summed E-state index contributed by atoms with van der Waals surface area (Å²) in [5.41, 5.74) is 4.14. The van der Waals surface area contributed by atoms with Gasteiger partial charge < -0.3 is 10.6 Å². The number of anilines is 3. The molecule has 1 aliphatic heterocycles. The Morgan fingerprint density at radius 3 is 2.41 bits per heavy atom. The van der Waals surface area contributed by atoms with Gasteiger partial charge in [0, 0.05) is 35.2 Å². The van der Waals surface area contributed by atoms with E-state index < -0.39 is 5.82 Å². The molecule has 0 unspecified atom stereocenters. The van der Waals surface area contributed by atoms with Crippen molar-refractivity contribution in [3.8, 4) is 12.1 Å². The Balaban J connectivity index is 1.38. The van der Waals surface area contributed by atoms with Gasteiger partial charge in [-0.2, -0.15) is 10.5 Å². The van der Waals surface area contributed by atoms with Gasteiger partial charge in [-0.25, -0.2) is 9.07 Å². The lowest BCUT2D eigenvalue weighted by atomic mass is 9.98. The minimum atomic E-state index is -0.532. The number of fused-ring (bicyclic) bond motifs is 1. The predicted octanol–water partition coefficient (Wildman–Crippen LogP) is 7.74. The summed E-state index contributed by atoms with van der Waals surface area (Å²) in [6, 6.07) is 21.4. The second-order valence-electron chi connectivity index (χ2n) is 12.4. The van der Waals surface area contributed by atoms with Gasteiger partial charge in [-0.15, -0.1) is 5.10 Å². The van der Waals surface area contributed by atoms with Gasteiger partial charge in [0.15, 0.2) is 0 Å². The van der Waals surface area contributed by atoms with Crippen LogP contribution in [-0.4, -0.2) is 43.5 Å². The average molecular weight is 634 g/mol. The number of benzene rings is 3. The van der Waals surface area contributed by atoms with Gasteiger partial charge in [0.2, 0.25) is 0 Å². The molecule has 11 heteroatoms. The van der Waals surface area contributed by atoms with Gasteiger partial charge in [-0.05, 0) is 69.5 Å². The third-order valence-corrected chi connectivity index (χ3v) is 8.68. The maximum absolute atomic E-state index is 13.9. The molecule has 0 spiro atoms. The highest BCUT2D eigenvalue weighted by atomic mass is 35.5. The summed E-state index contributed by atoms with van der Waals surface area (Å²) in [7, 11) is 0. The fourth-order valence-electron chi connectivity index (χ4n) is 5.98. The number of likely N-dealkylation sites (tertiary alicyclic amines) is 1. The lowest BCUT2D eigenvalue weighted by molar-refractivity contribution is 0.0866. The van der Waals surface area contributed by atoms with E-state index in [4.69, 9.17) is 11.6 Å². The van der Waals surface area contributed by atoms with Crippen molar-refractivity contribution in [3.05, 3.63) is 106 Å². The van der Waals surface area contributed by atoms with E-state index in [0.29, 0.717) is 33.0 Å². The van der Waals surface area contributed by atoms with Crippen LogP contribution in [-0.2, 0) is 0 Å². The zero-order valence-corrected chi connectivity index (χ0v) is 26.6. The molecule has 1 fully saturated rings. The van der Waals surface area contributed by atoms with E-state index in [1.165, 1.54) is 18.3 Å². The topological polar surface area (TPSA) is 118 Å². The van der Waals surface area contributed by atoms with Crippen LogP contribution in [0, 0.1) is 28.5 Å². The molecule has 5 aromatic rings. The van der Waals surface area contributed by atoms with E-state index in [1.54, 1.807) is 12.1 Å². The summed E-state index contributed by atoms with van der Waals surface area (Å²) in [5.74, 6) is -0.532. The minimum Gasteiger partial charge on any atom is -0.371 e. The van der Waals surface area contributed by atoms with E-state index in [9.17, 15) is 14.9 Å². The molecule has 2 N–H and O–H groups in total. The fraction of sp³-hybridized carbons (Fsp3) is 0.286. The second-order valence-corrected chi connectivity index (χ2v) is 12.9. The molecule has 0 aliphatic carbocycles. The largest absolute Gasteiger partial charge is 0.371 e. The number of hydrogen-bond donors (Lipinski definition) is 2. The number of nitrogens with zero attached hydrogens (tertiary/aromatic N) is 7. The third kappa shape index (κ3) is 6.36. The summed E-state index contributed by atoms with van der Waals surface area (Å²) in [6.45, 7) is 8.74. The molecule has 1 atom stereocenters. The molecule has 0 radical (unpaired) electrons. The Morgan fingerprint density at radius 2 is 1.72 bits per heavy atom. The van der Waals surface area contributed by atoms with E-state index in [0.717, 1.165) is 43.3 Å². The quantitative estimate of drug-likeness (QED) is 0.187. The van der Waals surface area contributed by atoms with Crippen LogP contribution in [0.2, 0.25) is 5.02 Å². The van der Waals surface area contributed by atoms with Gasteiger partial charge in [0.05, 0.1) is 52.0 Å². The first kappa shape index (κ1) is 31.0. The molecule has 3 heterocycles. The molecule has 0 saturated carbocycles. The van der Waals surface area contributed by atoms with Gasteiger partial charge >= 0.3 is 0 Å². The third-order valence-electron chi connectivity index (χ3n) is 8.46. The molecule has 6 rings (SSSR count). The standard InChI is InChI=1S/C35H33ClFN9/c1-35(2,3)45-13-11-27(12-14-45)46-21-31(43-44-46)33(22-7-5-4-6-8-22)42-30-17-25(36)16-28-32(24(19-39)20-40-34(28)30)41-29-10-9-26(37)15-23(29)18-38/h4-10,15-17,20-21,27,33,42H,11-14H2,1-3H3,(H,40,41)/t33-/m0/s1. The molecule has 0 bridgehead atoms. The molecule has 2 aromatic heterocycles. The van der Waals surface area contributed by atoms with E-state index in [2.05, 4.69) is 57.7 Å². The summed E-state index contributed by atoms with van der Waals surface area (Å²) in [4.78, 5) is 7.15. The van der Waals surface area contributed by atoms with Gasteiger partial charge in [0.1, 0.15) is 23.6 Å². The Hall–Kier alpha value is -5.03. The van der Waals surface area contributed by atoms with E-state index >= 15 is 0 Å². The van der Waals surface area contributed by atoms with Crippen LogP contribution >= 0.6 is 11.6 Å². The van der Waals surface area contributed by atoms with Crippen molar-refractivity contribution >= 4 is 39.6 Å². The van der Waals surface area contributed by atoms with Crippen LogP contribution in [0.15, 0.2) is 73.1 Å². The Morgan fingerprint density at radius 1 is 0.978 bits per heavy atom. The average Bonchev–Trinajstić information content (AvgIpc) is 3.54. The molecule has 1 saturated heterocycles. The number of halogens is 2. The second kappa shape index (κ2) is 12.8. The molecular formula is C35H33ClFN9. The Bertz CT molecular complexity index is 1960. The van der Waals surface area contributed by atoms with Crippen LogP contribution < -0.4 is 10.6 Å². The van der Waals surface area contributed by atoms with E-state index in [1.807, 2.05) is 47.3 Å². The lowest BCUT2D eigenvalue weighted by Crippen LogP contribution is -2.46. The summed E-state index contributed by atoms with van der Waals surface area (Å²) < 4.78 is 15.8. The fourth-order valence-corrected chi connectivity index (χ4v) is 6.20. The number of rotatable bonds is 7. The number of aromatic nitrogens is 4. The molecule has 0 amide bonds. The highest BCUT2D eigenvalue weighted by molar-refractivity contribution is 6.32. The molecular weight excluding hydrogens is 601 g/mol. The van der Waals surface area contributed by atoms with Crippen molar-refractivity contribution in [3.63, 3.8) is 0 Å². The molecule has 1 aliphatic rings. The maximum Gasteiger partial charge on any atom is 0.124 e. The van der Waals surface area contributed by atoms with Crippen molar-refractivity contribution in [1.82, 2.24) is 24.9 Å². The van der Waals surface area contributed by atoms with Crippen molar-refractivity contribution < 1.29 is 4.39 Å². The van der Waals surface area contributed by atoms with E-state index in [-0.39, 0.29) is 28.7 Å². The lowest BCUT2D eigenvalue weighted by Gasteiger charge is -2.40. The molecule has 46 heavy (non-hydrogen) atoms. The smallest absolute Gasteiger partial charge is 0.124 e. The first-order valence-corrected chi connectivity index (χ1v) is 15.5. The number of nitrogens with one attached hydrogen (secondary N) is 2. The number of nitriles is 2. The summed E-state index contributed by atoms with van der Waals surface area (Å²) in [6.07, 6.45) is 5.47. The first-order chi connectivity index (χ1) is 22.1.